The van der Waals surface area contributed by atoms with Gasteiger partial charge in [0.2, 0.25) is 5.13 Å². The number of rotatable bonds is 5. The molecule has 0 amide bonds. The third-order valence-electron chi connectivity index (χ3n) is 2.88. The maximum absolute atomic E-state index is 5.98. The van der Waals surface area contributed by atoms with Crippen LogP contribution in [-0.4, -0.2) is 11.2 Å². The standard InChI is InChI=1S/C16H12Cl2N4OS/c17-13-5-4-12(7-14(13)18)23-11-3-1-2-10(6-11)8-20-22-16-21-15(19)9-24-16/h1-9H,19H2,(H,21,22). The zero-order chi connectivity index (χ0) is 16.9. The number of anilines is 2. The Kier molecular flexibility index (Phi) is 5.20. The largest absolute Gasteiger partial charge is 0.457 e. The molecule has 0 unspecified atom stereocenters. The van der Waals surface area contributed by atoms with Gasteiger partial charge in [-0.1, -0.05) is 35.3 Å². The van der Waals surface area contributed by atoms with Crippen LogP contribution < -0.4 is 15.9 Å². The van der Waals surface area contributed by atoms with Crippen LogP contribution >= 0.6 is 34.5 Å². The molecule has 122 valence electrons. The molecule has 0 saturated heterocycles. The number of thiazole rings is 1. The van der Waals surface area contributed by atoms with E-state index in [0.717, 1.165) is 5.56 Å². The molecule has 0 spiro atoms. The highest BCUT2D eigenvalue weighted by molar-refractivity contribution is 7.14. The van der Waals surface area contributed by atoms with Gasteiger partial charge >= 0.3 is 0 Å². The molecule has 3 rings (SSSR count). The molecule has 24 heavy (non-hydrogen) atoms. The number of nitrogens with one attached hydrogen (secondary N) is 1. The van der Waals surface area contributed by atoms with E-state index in [2.05, 4.69) is 15.5 Å². The lowest BCUT2D eigenvalue weighted by Crippen LogP contribution is -1.92. The van der Waals surface area contributed by atoms with Crippen LogP contribution in [-0.2, 0) is 0 Å². The number of nitrogen functional groups attached to an aromatic ring is 1. The van der Waals surface area contributed by atoms with Crippen molar-refractivity contribution in [2.45, 2.75) is 0 Å². The van der Waals surface area contributed by atoms with Gasteiger partial charge in [0.25, 0.3) is 0 Å². The van der Waals surface area contributed by atoms with E-state index in [-0.39, 0.29) is 0 Å². The zero-order valence-electron chi connectivity index (χ0n) is 12.2. The lowest BCUT2D eigenvalue weighted by Gasteiger charge is -2.07. The molecule has 3 N–H and O–H groups in total. The molecular formula is C16H12Cl2N4OS. The van der Waals surface area contributed by atoms with Crippen molar-refractivity contribution in [3.8, 4) is 11.5 Å². The van der Waals surface area contributed by atoms with Gasteiger partial charge in [-0.15, -0.1) is 11.3 Å². The molecule has 2 aromatic carbocycles. The van der Waals surface area contributed by atoms with Crippen molar-refractivity contribution < 1.29 is 4.74 Å². The van der Waals surface area contributed by atoms with Crippen LogP contribution in [0.1, 0.15) is 5.56 Å². The number of hydrogen-bond donors (Lipinski definition) is 2. The van der Waals surface area contributed by atoms with Crippen molar-refractivity contribution in [2.75, 3.05) is 11.2 Å². The fraction of sp³-hybridized carbons (Fsp3) is 0. The van der Waals surface area contributed by atoms with Crippen molar-refractivity contribution in [1.82, 2.24) is 4.98 Å². The summed E-state index contributed by atoms with van der Waals surface area (Å²) >= 11 is 13.3. The fourth-order valence-electron chi connectivity index (χ4n) is 1.83. The normalized spacial score (nSPS) is 10.9. The minimum atomic E-state index is 0.443. The number of aromatic nitrogens is 1. The maximum atomic E-state index is 5.98. The summed E-state index contributed by atoms with van der Waals surface area (Å²) in [5.74, 6) is 1.74. The highest BCUT2D eigenvalue weighted by atomic mass is 35.5. The Morgan fingerprint density at radius 2 is 1.96 bits per heavy atom. The van der Waals surface area contributed by atoms with Crippen molar-refractivity contribution in [2.24, 2.45) is 5.10 Å². The highest BCUT2D eigenvalue weighted by Gasteiger charge is 2.02. The minimum absolute atomic E-state index is 0.443. The molecule has 3 aromatic rings. The minimum Gasteiger partial charge on any atom is -0.457 e. The lowest BCUT2D eigenvalue weighted by molar-refractivity contribution is 0.482. The van der Waals surface area contributed by atoms with Gasteiger partial charge in [-0.2, -0.15) is 5.10 Å². The predicted octanol–water partition coefficient (Wildman–Crippen LogP) is 5.27. The molecule has 0 atom stereocenters. The Labute approximate surface area is 152 Å². The topological polar surface area (TPSA) is 72.5 Å². The van der Waals surface area contributed by atoms with Crippen molar-refractivity contribution >= 4 is 51.7 Å². The van der Waals surface area contributed by atoms with E-state index >= 15 is 0 Å². The van der Waals surface area contributed by atoms with Gasteiger partial charge in [0.15, 0.2) is 0 Å². The second-order valence-electron chi connectivity index (χ2n) is 4.70. The number of hydrazone groups is 1. The van der Waals surface area contributed by atoms with Crippen LogP contribution in [0.25, 0.3) is 0 Å². The van der Waals surface area contributed by atoms with Crippen LogP contribution in [0.15, 0.2) is 52.9 Å². The number of hydrogen-bond acceptors (Lipinski definition) is 6. The first kappa shape index (κ1) is 16.6. The van der Waals surface area contributed by atoms with Crippen LogP contribution in [0.2, 0.25) is 10.0 Å². The average Bonchev–Trinajstić information content (AvgIpc) is 2.97. The quantitative estimate of drug-likeness (QED) is 0.468. The van der Waals surface area contributed by atoms with Gasteiger partial charge in [0.05, 0.1) is 16.3 Å². The summed E-state index contributed by atoms with van der Waals surface area (Å²) in [6.07, 6.45) is 1.67. The van der Waals surface area contributed by atoms with Gasteiger partial charge in [-0.05, 0) is 29.8 Å². The first-order chi connectivity index (χ1) is 11.6. The van der Waals surface area contributed by atoms with Crippen molar-refractivity contribution in [3.05, 3.63) is 63.5 Å². The monoisotopic (exact) mass is 378 g/mol. The SMILES string of the molecule is Nc1csc(NN=Cc2cccc(Oc3ccc(Cl)c(Cl)c3)c2)n1. The third-order valence-corrected chi connectivity index (χ3v) is 4.38. The number of benzene rings is 2. The van der Waals surface area contributed by atoms with E-state index < -0.39 is 0 Å². The zero-order valence-corrected chi connectivity index (χ0v) is 14.6. The first-order valence-corrected chi connectivity index (χ1v) is 8.47. The van der Waals surface area contributed by atoms with Crippen LogP contribution in [0.5, 0.6) is 11.5 Å². The molecule has 0 aliphatic carbocycles. The van der Waals surface area contributed by atoms with Gasteiger partial charge in [0, 0.05) is 11.4 Å². The van der Waals surface area contributed by atoms with E-state index in [1.807, 2.05) is 24.3 Å². The summed E-state index contributed by atoms with van der Waals surface area (Å²) in [5, 5.41) is 7.42. The lowest BCUT2D eigenvalue weighted by atomic mass is 10.2. The van der Waals surface area contributed by atoms with Crippen molar-refractivity contribution in [1.29, 1.82) is 0 Å². The molecule has 0 bridgehead atoms. The summed E-state index contributed by atoms with van der Waals surface area (Å²) < 4.78 is 5.77. The molecule has 1 aromatic heterocycles. The Bertz CT molecular complexity index is 882. The van der Waals surface area contributed by atoms with Gasteiger partial charge in [-0.25, -0.2) is 4.98 Å². The molecule has 5 nitrogen and oxygen atoms in total. The summed E-state index contributed by atoms with van der Waals surface area (Å²) in [4.78, 5) is 4.05. The van der Waals surface area contributed by atoms with Crippen LogP contribution in [0.3, 0.4) is 0 Å². The molecule has 0 radical (unpaired) electrons. The highest BCUT2D eigenvalue weighted by Crippen LogP contribution is 2.29. The molecule has 8 heteroatoms. The van der Waals surface area contributed by atoms with E-state index in [9.17, 15) is 0 Å². The Balaban J connectivity index is 1.68. The third kappa shape index (κ3) is 4.38. The smallest absolute Gasteiger partial charge is 0.205 e. The Hall–Kier alpha value is -2.28. The fourth-order valence-corrected chi connectivity index (χ4v) is 2.67. The van der Waals surface area contributed by atoms with E-state index in [0.29, 0.717) is 32.5 Å². The molecule has 0 aliphatic rings. The van der Waals surface area contributed by atoms with Crippen molar-refractivity contribution in [3.63, 3.8) is 0 Å². The number of ether oxygens (including phenoxy) is 1. The number of nitrogens with zero attached hydrogens (tertiary/aromatic N) is 2. The molecule has 0 saturated carbocycles. The summed E-state index contributed by atoms with van der Waals surface area (Å²) in [5.41, 5.74) is 9.23. The van der Waals surface area contributed by atoms with Crippen LogP contribution in [0, 0.1) is 0 Å². The second kappa shape index (κ2) is 7.53. The second-order valence-corrected chi connectivity index (χ2v) is 6.37. The average molecular weight is 379 g/mol. The summed E-state index contributed by atoms with van der Waals surface area (Å²) in [7, 11) is 0. The molecule has 1 heterocycles. The number of halogens is 2. The molecule has 0 aliphatic heterocycles. The Morgan fingerprint density at radius 3 is 2.71 bits per heavy atom. The first-order valence-electron chi connectivity index (χ1n) is 6.83. The van der Waals surface area contributed by atoms with Gasteiger partial charge in [-0.3, -0.25) is 5.43 Å². The Morgan fingerprint density at radius 1 is 1.12 bits per heavy atom. The molecular weight excluding hydrogens is 367 g/mol. The van der Waals surface area contributed by atoms with Crippen LogP contribution in [0.4, 0.5) is 10.9 Å². The van der Waals surface area contributed by atoms with E-state index in [4.69, 9.17) is 33.7 Å². The van der Waals surface area contributed by atoms with Gasteiger partial charge in [0.1, 0.15) is 17.3 Å². The van der Waals surface area contributed by atoms with E-state index in [1.165, 1.54) is 11.3 Å². The predicted molar refractivity (Wildman–Crippen MR) is 101 cm³/mol. The van der Waals surface area contributed by atoms with E-state index in [1.54, 1.807) is 29.8 Å². The molecule has 0 fully saturated rings. The summed E-state index contributed by atoms with van der Waals surface area (Å²) in [6, 6.07) is 12.6. The van der Waals surface area contributed by atoms with Gasteiger partial charge < -0.3 is 10.5 Å². The number of nitrogens with two attached hydrogens (primary N) is 1. The summed E-state index contributed by atoms with van der Waals surface area (Å²) in [6.45, 7) is 0. The maximum Gasteiger partial charge on any atom is 0.205 e.